The number of benzene rings is 1. The van der Waals surface area contributed by atoms with Crippen molar-refractivity contribution in [3.05, 3.63) is 35.6 Å². The normalized spacial score (nSPS) is 11.6. The molecule has 0 spiro atoms. The summed E-state index contributed by atoms with van der Waals surface area (Å²) in [6, 6.07) is 5.71. The van der Waals surface area contributed by atoms with E-state index in [0.29, 0.717) is 0 Å². The first-order valence-electron chi connectivity index (χ1n) is 4.10. The zero-order chi connectivity index (χ0) is 10.6. The highest BCUT2D eigenvalue weighted by Crippen LogP contribution is 2.10. The topological polar surface area (TPSA) is 54.4 Å². The Labute approximate surface area is 82.1 Å². The lowest BCUT2D eigenvalue weighted by Crippen LogP contribution is -2.12. The minimum Gasteiger partial charge on any atom is -0.395 e. The molecule has 78 valence electrons. The number of aliphatic hydroxyl groups is 1. The minimum absolute atomic E-state index is 0.140. The largest absolute Gasteiger partial charge is 0.395 e. The summed E-state index contributed by atoms with van der Waals surface area (Å²) in [7, 11) is -3.40. The summed E-state index contributed by atoms with van der Waals surface area (Å²) >= 11 is 0. The first-order valence-corrected chi connectivity index (χ1v) is 5.92. The SMILES string of the molecule is O=S(=O)(CCO)Cc1ccccc1F. The second kappa shape index (κ2) is 4.52. The quantitative estimate of drug-likeness (QED) is 0.810. The first-order chi connectivity index (χ1) is 6.55. The van der Waals surface area contributed by atoms with Gasteiger partial charge >= 0.3 is 0 Å². The molecule has 0 atom stereocenters. The summed E-state index contributed by atoms with van der Waals surface area (Å²) in [4.78, 5) is 0. The third kappa shape index (κ3) is 3.08. The number of hydrogen-bond donors (Lipinski definition) is 1. The maximum Gasteiger partial charge on any atom is 0.156 e. The fourth-order valence-electron chi connectivity index (χ4n) is 1.06. The van der Waals surface area contributed by atoms with Gasteiger partial charge in [-0.2, -0.15) is 0 Å². The molecule has 0 saturated heterocycles. The Morgan fingerprint density at radius 1 is 1.29 bits per heavy atom. The van der Waals surface area contributed by atoms with Gasteiger partial charge in [0.25, 0.3) is 0 Å². The van der Waals surface area contributed by atoms with Crippen LogP contribution in [0.1, 0.15) is 5.56 Å². The first kappa shape index (κ1) is 11.1. The van der Waals surface area contributed by atoms with Crippen LogP contribution in [0.25, 0.3) is 0 Å². The molecule has 0 unspecified atom stereocenters. The van der Waals surface area contributed by atoms with Gasteiger partial charge in [-0.05, 0) is 6.07 Å². The highest BCUT2D eigenvalue weighted by molar-refractivity contribution is 7.90. The van der Waals surface area contributed by atoms with Crippen molar-refractivity contribution in [2.45, 2.75) is 5.75 Å². The van der Waals surface area contributed by atoms with E-state index in [1.54, 1.807) is 6.07 Å². The van der Waals surface area contributed by atoms with E-state index in [2.05, 4.69) is 0 Å². The second-order valence-corrected chi connectivity index (χ2v) is 5.09. The maximum absolute atomic E-state index is 13.0. The van der Waals surface area contributed by atoms with E-state index in [-0.39, 0.29) is 17.1 Å². The summed E-state index contributed by atoms with van der Waals surface area (Å²) in [5, 5.41) is 8.48. The van der Waals surface area contributed by atoms with E-state index in [9.17, 15) is 12.8 Å². The monoisotopic (exact) mass is 218 g/mol. The van der Waals surface area contributed by atoms with Crippen LogP contribution in [0.15, 0.2) is 24.3 Å². The second-order valence-electron chi connectivity index (χ2n) is 2.91. The van der Waals surface area contributed by atoms with Crippen molar-refractivity contribution in [1.29, 1.82) is 0 Å². The molecule has 5 heteroatoms. The fraction of sp³-hybridized carbons (Fsp3) is 0.333. The lowest BCUT2D eigenvalue weighted by molar-refractivity contribution is 0.319. The molecule has 0 aliphatic heterocycles. The lowest BCUT2D eigenvalue weighted by atomic mass is 10.2. The van der Waals surface area contributed by atoms with Gasteiger partial charge in [-0.15, -0.1) is 0 Å². The minimum atomic E-state index is -3.40. The predicted octanol–water partition coefficient (Wildman–Crippen LogP) is 0.733. The Balaban J connectivity index is 2.84. The summed E-state index contributed by atoms with van der Waals surface area (Å²) in [6.07, 6.45) is 0. The van der Waals surface area contributed by atoms with Gasteiger partial charge < -0.3 is 5.11 Å². The molecular weight excluding hydrogens is 207 g/mol. The van der Waals surface area contributed by atoms with Gasteiger partial charge in [-0.3, -0.25) is 0 Å². The lowest BCUT2D eigenvalue weighted by Gasteiger charge is -2.03. The van der Waals surface area contributed by atoms with Crippen LogP contribution in [0.3, 0.4) is 0 Å². The molecule has 0 bridgehead atoms. The summed E-state index contributed by atoms with van der Waals surface area (Å²) in [5.74, 6) is -1.23. The number of sulfone groups is 1. The van der Waals surface area contributed by atoms with Crippen molar-refractivity contribution in [1.82, 2.24) is 0 Å². The van der Waals surface area contributed by atoms with Crippen LogP contribution in [0.4, 0.5) is 4.39 Å². The summed E-state index contributed by atoms with van der Waals surface area (Å²) in [6.45, 7) is -0.434. The zero-order valence-electron chi connectivity index (χ0n) is 7.48. The Bertz CT molecular complexity index is 400. The van der Waals surface area contributed by atoms with Crippen LogP contribution in [0, 0.1) is 5.82 Å². The van der Waals surface area contributed by atoms with Gasteiger partial charge in [-0.1, -0.05) is 18.2 Å². The predicted molar refractivity (Wildman–Crippen MR) is 51.0 cm³/mol. The molecule has 1 aromatic rings. The van der Waals surface area contributed by atoms with Crippen molar-refractivity contribution < 1.29 is 17.9 Å². The summed E-state index contributed by atoms with van der Waals surface area (Å²) in [5.41, 5.74) is 0.140. The van der Waals surface area contributed by atoms with Crippen molar-refractivity contribution >= 4 is 9.84 Å². The highest BCUT2D eigenvalue weighted by atomic mass is 32.2. The van der Waals surface area contributed by atoms with E-state index in [0.717, 1.165) is 0 Å². The van der Waals surface area contributed by atoms with Gasteiger partial charge in [0.15, 0.2) is 9.84 Å². The van der Waals surface area contributed by atoms with Crippen LogP contribution in [0.2, 0.25) is 0 Å². The molecule has 0 saturated carbocycles. The Morgan fingerprint density at radius 2 is 1.93 bits per heavy atom. The summed E-state index contributed by atoms with van der Waals surface area (Å²) < 4.78 is 35.5. The van der Waals surface area contributed by atoms with E-state index < -0.39 is 22.3 Å². The molecule has 1 rings (SSSR count). The van der Waals surface area contributed by atoms with Crippen LogP contribution >= 0.6 is 0 Å². The van der Waals surface area contributed by atoms with Gasteiger partial charge in [-0.25, -0.2) is 12.8 Å². The molecule has 0 heterocycles. The van der Waals surface area contributed by atoms with Crippen molar-refractivity contribution in [2.24, 2.45) is 0 Å². The van der Waals surface area contributed by atoms with Gasteiger partial charge in [0.05, 0.1) is 18.1 Å². The number of aliphatic hydroxyl groups excluding tert-OH is 1. The van der Waals surface area contributed by atoms with Gasteiger partial charge in [0, 0.05) is 5.56 Å². The van der Waals surface area contributed by atoms with Crippen molar-refractivity contribution in [3.8, 4) is 0 Å². The molecule has 0 radical (unpaired) electrons. The zero-order valence-corrected chi connectivity index (χ0v) is 8.30. The van der Waals surface area contributed by atoms with E-state index in [4.69, 9.17) is 5.11 Å². The third-order valence-electron chi connectivity index (χ3n) is 1.74. The van der Waals surface area contributed by atoms with Crippen molar-refractivity contribution in [2.75, 3.05) is 12.4 Å². The molecule has 1 N–H and O–H groups in total. The Kier molecular flexibility index (Phi) is 3.60. The molecule has 0 fully saturated rings. The smallest absolute Gasteiger partial charge is 0.156 e. The van der Waals surface area contributed by atoms with E-state index in [1.807, 2.05) is 0 Å². The average molecular weight is 218 g/mol. The van der Waals surface area contributed by atoms with Crippen LogP contribution in [0.5, 0.6) is 0 Å². The number of hydrogen-bond acceptors (Lipinski definition) is 3. The maximum atomic E-state index is 13.0. The molecule has 1 aromatic carbocycles. The van der Waals surface area contributed by atoms with Gasteiger partial charge in [0.1, 0.15) is 5.82 Å². The van der Waals surface area contributed by atoms with E-state index in [1.165, 1.54) is 18.2 Å². The van der Waals surface area contributed by atoms with Crippen molar-refractivity contribution in [3.63, 3.8) is 0 Å². The van der Waals surface area contributed by atoms with E-state index >= 15 is 0 Å². The fourth-order valence-corrected chi connectivity index (χ4v) is 2.19. The Hall–Kier alpha value is -0.940. The average Bonchev–Trinajstić information content (AvgIpc) is 2.08. The molecule has 14 heavy (non-hydrogen) atoms. The van der Waals surface area contributed by atoms with Crippen LogP contribution in [-0.2, 0) is 15.6 Å². The van der Waals surface area contributed by atoms with Crippen LogP contribution in [-0.4, -0.2) is 25.9 Å². The molecule has 0 aromatic heterocycles. The Morgan fingerprint density at radius 3 is 2.50 bits per heavy atom. The van der Waals surface area contributed by atoms with Crippen LogP contribution < -0.4 is 0 Å². The molecule has 0 aliphatic rings. The third-order valence-corrected chi connectivity index (χ3v) is 3.29. The number of rotatable bonds is 4. The standard InChI is InChI=1S/C9H11FO3S/c10-9-4-2-1-3-8(9)7-14(12,13)6-5-11/h1-4,11H,5-7H2. The molecule has 0 aliphatic carbocycles. The van der Waals surface area contributed by atoms with Gasteiger partial charge in [0.2, 0.25) is 0 Å². The molecule has 0 amide bonds. The number of halogens is 1. The molecule has 3 nitrogen and oxygen atoms in total. The molecular formula is C9H11FO3S. The highest BCUT2D eigenvalue weighted by Gasteiger charge is 2.13.